The van der Waals surface area contributed by atoms with Crippen molar-refractivity contribution in [1.29, 1.82) is 0 Å². The molecule has 0 bridgehead atoms. The lowest BCUT2D eigenvalue weighted by Crippen LogP contribution is -2.06. The number of rotatable bonds is 2. The molecular weight excluding hydrogens is 209 g/mol. The maximum atomic E-state index is 12.4. The quantitative estimate of drug-likeness (QED) is 0.689. The molecule has 0 aromatic heterocycles. The van der Waals surface area contributed by atoms with Gasteiger partial charge in [0.15, 0.2) is 0 Å². The number of anilines is 1. The van der Waals surface area contributed by atoms with Crippen molar-refractivity contribution in [3.8, 4) is 0 Å². The van der Waals surface area contributed by atoms with Crippen molar-refractivity contribution in [2.24, 2.45) is 0 Å². The van der Waals surface area contributed by atoms with Crippen molar-refractivity contribution in [3.05, 3.63) is 30.1 Å². The largest absolute Gasteiger partial charge is 0.309 e. The molecule has 0 aliphatic rings. The summed E-state index contributed by atoms with van der Waals surface area (Å²) in [4.78, 5) is 0. The maximum absolute atomic E-state index is 12.4. The molecule has 1 nitrogen and oxygen atoms in total. The zero-order valence-corrected chi connectivity index (χ0v) is 7.81. The van der Waals surface area contributed by atoms with Crippen LogP contribution in [0.3, 0.4) is 0 Å². The molecule has 0 fully saturated rings. The normalized spacial score (nSPS) is 9.73. The summed E-state index contributed by atoms with van der Waals surface area (Å²) in [5, 5.41) is 0. The monoisotopic (exact) mass is 217 g/mol. The van der Waals surface area contributed by atoms with Crippen LogP contribution in [0.1, 0.15) is 6.92 Å². The molecule has 3 heteroatoms. The first-order valence-electron chi connectivity index (χ1n) is 3.43. The van der Waals surface area contributed by atoms with E-state index in [-0.39, 0.29) is 5.82 Å². The number of halogens is 2. The molecule has 0 amide bonds. The van der Waals surface area contributed by atoms with Crippen LogP contribution in [-0.4, -0.2) is 6.54 Å². The molecule has 0 saturated heterocycles. The van der Waals surface area contributed by atoms with Crippen LogP contribution in [0, 0.1) is 5.82 Å². The highest BCUT2D eigenvalue weighted by atomic mass is 79.9. The van der Waals surface area contributed by atoms with E-state index in [1.54, 1.807) is 12.1 Å². The zero-order chi connectivity index (χ0) is 8.27. The van der Waals surface area contributed by atoms with E-state index in [4.69, 9.17) is 0 Å². The Bertz CT molecular complexity index is 222. The fraction of sp³-hybridized carbons (Fsp3) is 0.250. The van der Waals surface area contributed by atoms with Gasteiger partial charge in [-0.25, -0.2) is 4.39 Å². The van der Waals surface area contributed by atoms with Gasteiger partial charge in [0, 0.05) is 28.4 Å². The van der Waals surface area contributed by atoms with Gasteiger partial charge in [-0.3, -0.25) is 0 Å². The van der Waals surface area contributed by atoms with Gasteiger partial charge in [-0.15, -0.1) is 0 Å². The molecule has 0 saturated carbocycles. The Morgan fingerprint density at radius 3 is 2.36 bits per heavy atom. The lowest BCUT2D eigenvalue weighted by molar-refractivity contribution is 0.628. The molecule has 11 heavy (non-hydrogen) atoms. The average Bonchev–Trinajstić information content (AvgIpc) is 2.05. The summed E-state index contributed by atoms with van der Waals surface area (Å²) in [6.45, 7) is 2.86. The summed E-state index contributed by atoms with van der Waals surface area (Å²) in [5.41, 5.74) is 0.967. The van der Waals surface area contributed by atoms with E-state index in [1.165, 1.54) is 12.1 Å². The van der Waals surface area contributed by atoms with Crippen LogP contribution in [0.5, 0.6) is 0 Å². The molecule has 0 unspecified atom stereocenters. The van der Waals surface area contributed by atoms with Gasteiger partial charge in [0.05, 0.1) is 0 Å². The third-order valence-corrected chi connectivity index (χ3v) is 2.30. The smallest absolute Gasteiger partial charge is 0.123 e. The molecule has 1 aromatic carbocycles. The molecule has 0 atom stereocenters. The van der Waals surface area contributed by atoms with E-state index in [0.717, 1.165) is 12.2 Å². The molecule has 0 aliphatic carbocycles. The van der Waals surface area contributed by atoms with Crippen molar-refractivity contribution >= 4 is 21.8 Å². The van der Waals surface area contributed by atoms with Gasteiger partial charge in [0.25, 0.3) is 0 Å². The van der Waals surface area contributed by atoms with E-state index in [0.29, 0.717) is 0 Å². The molecule has 0 aliphatic heterocycles. The topological polar surface area (TPSA) is 3.24 Å². The molecular formula is C8H9BrFN. The molecule has 1 rings (SSSR count). The van der Waals surface area contributed by atoms with Crippen molar-refractivity contribution in [3.63, 3.8) is 0 Å². The summed E-state index contributed by atoms with van der Waals surface area (Å²) < 4.78 is 14.3. The third-order valence-electron chi connectivity index (χ3n) is 1.38. The Hall–Kier alpha value is -0.570. The molecule has 0 heterocycles. The predicted molar refractivity (Wildman–Crippen MR) is 48.3 cm³/mol. The van der Waals surface area contributed by atoms with E-state index >= 15 is 0 Å². The average molecular weight is 218 g/mol. The van der Waals surface area contributed by atoms with Crippen LogP contribution < -0.4 is 3.93 Å². The SMILES string of the molecule is CCN(Br)c1ccc(F)cc1. The van der Waals surface area contributed by atoms with Gasteiger partial charge in [0.1, 0.15) is 5.82 Å². The third kappa shape index (κ3) is 2.19. The summed E-state index contributed by atoms with van der Waals surface area (Å²) >= 11 is 3.32. The Morgan fingerprint density at radius 1 is 1.36 bits per heavy atom. The van der Waals surface area contributed by atoms with Crippen LogP contribution in [0.2, 0.25) is 0 Å². The highest BCUT2D eigenvalue weighted by Crippen LogP contribution is 2.17. The second-order valence-corrected chi connectivity index (χ2v) is 3.01. The first-order chi connectivity index (χ1) is 5.24. The second-order valence-electron chi connectivity index (χ2n) is 2.15. The minimum Gasteiger partial charge on any atom is -0.309 e. The first kappa shape index (κ1) is 8.53. The van der Waals surface area contributed by atoms with E-state index < -0.39 is 0 Å². The van der Waals surface area contributed by atoms with Crippen LogP contribution in [-0.2, 0) is 0 Å². The van der Waals surface area contributed by atoms with Gasteiger partial charge in [0.2, 0.25) is 0 Å². The van der Waals surface area contributed by atoms with Crippen LogP contribution in [0.4, 0.5) is 10.1 Å². The Morgan fingerprint density at radius 2 is 1.91 bits per heavy atom. The standard InChI is InChI=1S/C8H9BrFN/c1-2-11(9)8-5-3-7(10)4-6-8/h3-6H,2H2,1H3. The maximum Gasteiger partial charge on any atom is 0.123 e. The fourth-order valence-electron chi connectivity index (χ4n) is 0.785. The minimum absolute atomic E-state index is 0.203. The summed E-state index contributed by atoms with van der Waals surface area (Å²) in [5.74, 6) is -0.203. The fourth-order valence-corrected chi connectivity index (χ4v) is 1.02. The molecule has 60 valence electrons. The van der Waals surface area contributed by atoms with E-state index in [1.807, 2.05) is 10.8 Å². The number of nitrogens with zero attached hydrogens (tertiary/aromatic N) is 1. The van der Waals surface area contributed by atoms with Crippen LogP contribution in [0.15, 0.2) is 24.3 Å². The lowest BCUT2D eigenvalue weighted by atomic mass is 10.3. The molecule has 0 spiro atoms. The van der Waals surface area contributed by atoms with Gasteiger partial charge in [-0.05, 0) is 31.2 Å². The van der Waals surface area contributed by atoms with Crippen molar-refractivity contribution in [2.45, 2.75) is 6.92 Å². The van der Waals surface area contributed by atoms with Crippen molar-refractivity contribution < 1.29 is 4.39 Å². The number of benzene rings is 1. The van der Waals surface area contributed by atoms with E-state index in [2.05, 4.69) is 16.1 Å². The highest BCUT2D eigenvalue weighted by Gasteiger charge is 1.98. The molecule has 1 aromatic rings. The highest BCUT2D eigenvalue weighted by molar-refractivity contribution is 9.10. The van der Waals surface area contributed by atoms with Gasteiger partial charge in [-0.2, -0.15) is 0 Å². The molecule has 0 N–H and O–H groups in total. The van der Waals surface area contributed by atoms with Crippen LogP contribution >= 0.6 is 16.1 Å². The van der Waals surface area contributed by atoms with Crippen LogP contribution in [0.25, 0.3) is 0 Å². The van der Waals surface area contributed by atoms with Gasteiger partial charge >= 0.3 is 0 Å². The Balaban J connectivity index is 2.81. The van der Waals surface area contributed by atoms with Gasteiger partial charge in [-0.1, -0.05) is 0 Å². The summed E-state index contributed by atoms with van der Waals surface area (Å²) in [6, 6.07) is 6.35. The predicted octanol–water partition coefficient (Wildman–Crippen LogP) is 2.96. The number of hydrogen-bond donors (Lipinski definition) is 0. The van der Waals surface area contributed by atoms with Crippen molar-refractivity contribution in [1.82, 2.24) is 0 Å². The summed E-state index contributed by atoms with van der Waals surface area (Å²) in [6.07, 6.45) is 0. The summed E-state index contributed by atoms with van der Waals surface area (Å²) in [7, 11) is 0. The Labute approximate surface area is 74.2 Å². The van der Waals surface area contributed by atoms with E-state index in [9.17, 15) is 4.39 Å². The zero-order valence-electron chi connectivity index (χ0n) is 6.22. The second kappa shape index (κ2) is 3.72. The number of hydrogen-bond acceptors (Lipinski definition) is 1. The Kier molecular flexibility index (Phi) is 2.88. The van der Waals surface area contributed by atoms with Crippen molar-refractivity contribution in [2.75, 3.05) is 10.5 Å². The lowest BCUT2D eigenvalue weighted by Gasteiger charge is -2.12. The first-order valence-corrected chi connectivity index (χ1v) is 4.14. The van der Waals surface area contributed by atoms with Gasteiger partial charge < -0.3 is 3.93 Å². The molecule has 0 radical (unpaired) electrons. The minimum atomic E-state index is -0.203.